The molecule has 1 aliphatic carbocycles. The minimum atomic E-state index is -0.350. The van der Waals surface area contributed by atoms with Crippen LogP contribution >= 0.6 is 0 Å². The predicted molar refractivity (Wildman–Crippen MR) is 96.6 cm³/mol. The highest BCUT2D eigenvalue weighted by Crippen LogP contribution is 2.47. The summed E-state index contributed by atoms with van der Waals surface area (Å²) in [5, 5.41) is 2.92. The van der Waals surface area contributed by atoms with E-state index in [4.69, 9.17) is 14.2 Å². The van der Waals surface area contributed by atoms with Gasteiger partial charge in [-0.05, 0) is 17.9 Å². The maximum absolute atomic E-state index is 12.9. The molecule has 1 aromatic carbocycles. The van der Waals surface area contributed by atoms with E-state index in [2.05, 4.69) is 5.32 Å². The van der Waals surface area contributed by atoms with Crippen molar-refractivity contribution in [2.45, 2.75) is 39.0 Å². The minimum Gasteiger partial charge on any atom is -0.496 e. The Morgan fingerprint density at radius 1 is 0.962 bits per heavy atom. The number of rotatable bonds is 4. The highest BCUT2D eigenvalue weighted by Gasteiger charge is 2.41. The molecular formula is C20H25NO5. The van der Waals surface area contributed by atoms with Crippen molar-refractivity contribution in [2.24, 2.45) is 5.41 Å². The summed E-state index contributed by atoms with van der Waals surface area (Å²) in [5.74, 6) is 1.30. The van der Waals surface area contributed by atoms with Gasteiger partial charge in [-0.3, -0.25) is 9.59 Å². The normalized spacial score (nSPS) is 21.8. The molecule has 0 radical (unpaired) electrons. The van der Waals surface area contributed by atoms with E-state index in [9.17, 15) is 9.59 Å². The molecule has 0 aromatic heterocycles. The van der Waals surface area contributed by atoms with E-state index in [0.717, 1.165) is 11.3 Å². The first-order valence-electron chi connectivity index (χ1n) is 8.65. The molecule has 1 N–H and O–H groups in total. The molecule has 0 saturated heterocycles. The minimum absolute atomic E-state index is 0.0816. The van der Waals surface area contributed by atoms with Crippen LogP contribution in [0.4, 0.5) is 0 Å². The summed E-state index contributed by atoms with van der Waals surface area (Å²) in [7, 11) is 4.67. The number of allylic oxidation sites excluding steroid dienone is 2. The Kier molecular flexibility index (Phi) is 4.69. The van der Waals surface area contributed by atoms with Gasteiger partial charge >= 0.3 is 0 Å². The van der Waals surface area contributed by atoms with Crippen LogP contribution in [0.15, 0.2) is 23.4 Å². The van der Waals surface area contributed by atoms with Crippen LogP contribution in [0.25, 0.3) is 0 Å². The molecule has 1 aromatic rings. The van der Waals surface area contributed by atoms with E-state index in [1.165, 1.54) is 0 Å². The quantitative estimate of drug-likeness (QED) is 0.895. The first-order valence-corrected chi connectivity index (χ1v) is 8.65. The number of benzene rings is 1. The van der Waals surface area contributed by atoms with E-state index >= 15 is 0 Å². The highest BCUT2D eigenvalue weighted by molar-refractivity contribution is 6.02. The molecule has 6 nitrogen and oxygen atoms in total. The van der Waals surface area contributed by atoms with Crippen LogP contribution in [0.5, 0.6) is 17.2 Å². The van der Waals surface area contributed by atoms with Crippen molar-refractivity contribution < 1.29 is 23.8 Å². The summed E-state index contributed by atoms with van der Waals surface area (Å²) >= 11 is 0. The molecule has 0 unspecified atom stereocenters. The maximum Gasteiger partial charge on any atom is 0.225 e. The number of ketones is 1. The predicted octanol–water partition coefficient (Wildman–Crippen LogP) is 2.96. The fraction of sp³-hybridized carbons (Fsp3) is 0.500. The Balaban J connectivity index is 2.16. The second-order valence-corrected chi connectivity index (χ2v) is 7.59. The SMILES string of the molecule is COc1cc(OC)c([C@@H]2CC(=O)NC3=C2C(=O)CC(C)(C)C3)cc1OC. The number of ether oxygens (including phenoxy) is 3. The zero-order valence-electron chi connectivity index (χ0n) is 15.9. The van der Waals surface area contributed by atoms with Gasteiger partial charge in [-0.1, -0.05) is 13.8 Å². The van der Waals surface area contributed by atoms with Crippen LogP contribution < -0.4 is 19.5 Å². The van der Waals surface area contributed by atoms with Gasteiger partial charge in [0.2, 0.25) is 5.91 Å². The lowest BCUT2D eigenvalue weighted by Gasteiger charge is -2.38. The van der Waals surface area contributed by atoms with Crippen molar-refractivity contribution in [1.82, 2.24) is 5.32 Å². The zero-order chi connectivity index (χ0) is 19.1. The van der Waals surface area contributed by atoms with E-state index in [-0.39, 0.29) is 29.4 Å². The lowest BCUT2D eigenvalue weighted by molar-refractivity contribution is -0.122. The van der Waals surface area contributed by atoms with Crippen LogP contribution in [-0.2, 0) is 9.59 Å². The second-order valence-electron chi connectivity index (χ2n) is 7.59. The average molecular weight is 359 g/mol. The van der Waals surface area contributed by atoms with E-state index < -0.39 is 0 Å². The Morgan fingerprint density at radius 2 is 1.58 bits per heavy atom. The number of nitrogens with one attached hydrogen (secondary N) is 1. The lowest BCUT2D eigenvalue weighted by Crippen LogP contribution is -2.40. The molecule has 140 valence electrons. The third-order valence-corrected chi connectivity index (χ3v) is 5.06. The van der Waals surface area contributed by atoms with Gasteiger partial charge in [0.25, 0.3) is 0 Å². The maximum atomic E-state index is 12.9. The van der Waals surface area contributed by atoms with Gasteiger partial charge in [0.15, 0.2) is 17.3 Å². The Labute approximate surface area is 153 Å². The van der Waals surface area contributed by atoms with Crippen molar-refractivity contribution >= 4 is 11.7 Å². The number of amides is 1. The summed E-state index contributed by atoms with van der Waals surface area (Å²) in [6, 6.07) is 3.54. The zero-order valence-corrected chi connectivity index (χ0v) is 15.9. The summed E-state index contributed by atoms with van der Waals surface area (Å²) < 4.78 is 16.3. The molecular weight excluding hydrogens is 334 g/mol. The van der Waals surface area contributed by atoms with Crippen LogP contribution in [0.3, 0.4) is 0 Å². The van der Waals surface area contributed by atoms with Gasteiger partial charge < -0.3 is 19.5 Å². The van der Waals surface area contributed by atoms with Gasteiger partial charge in [0, 0.05) is 41.7 Å². The Morgan fingerprint density at radius 3 is 2.19 bits per heavy atom. The number of carbonyl (C=O) groups excluding carboxylic acids is 2. The van der Waals surface area contributed by atoms with Crippen molar-refractivity contribution in [1.29, 1.82) is 0 Å². The van der Waals surface area contributed by atoms with Crippen LogP contribution in [0.2, 0.25) is 0 Å². The molecule has 0 fully saturated rings. The summed E-state index contributed by atoms with van der Waals surface area (Å²) in [6.45, 7) is 4.09. The molecule has 1 heterocycles. The summed E-state index contributed by atoms with van der Waals surface area (Å²) in [5.41, 5.74) is 2.03. The number of Topliss-reactive ketones (excluding diaryl/α,β-unsaturated/α-hetero) is 1. The van der Waals surface area contributed by atoms with Crippen molar-refractivity contribution in [3.8, 4) is 17.2 Å². The highest BCUT2D eigenvalue weighted by atomic mass is 16.5. The van der Waals surface area contributed by atoms with Crippen LogP contribution in [0, 0.1) is 5.41 Å². The molecule has 0 saturated carbocycles. The van der Waals surface area contributed by atoms with Crippen LogP contribution in [-0.4, -0.2) is 33.0 Å². The molecule has 26 heavy (non-hydrogen) atoms. The summed E-state index contributed by atoms with van der Waals surface area (Å²) in [6.07, 6.45) is 1.34. The smallest absolute Gasteiger partial charge is 0.225 e. The second kappa shape index (κ2) is 6.67. The molecule has 1 atom stereocenters. The van der Waals surface area contributed by atoms with Crippen molar-refractivity contribution in [3.05, 3.63) is 29.0 Å². The van der Waals surface area contributed by atoms with Gasteiger partial charge in [-0.2, -0.15) is 0 Å². The first kappa shape index (κ1) is 18.3. The molecule has 6 heteroatoms. The van der Waals surface area contributed by atoms with Gasteiger partial charge in [-0.25, -0.2) is 0 Å². The van der Waals surface area contributed by atoms with Crippen LogP contribution in [0.1, 0.15) is 44.6 Å². The van der Waals surface area contributed by atoms with Crippen molar-refractivity contribution in [2.75, 3.05) is 21.3 Å². The third-order valence-electron chi connectivity index (χ3n) is 5.06. The number of hydrogen-bond donors (Lipinski definition) is 1. The van der Waals surface area contributed by atoms with Gasteiger partial charge in [-0.15, -0.1) is 0 Å². The molecule has 2 aliphatic rings. The standard InChI is InChI=1S/C20H25NO5/c1-20(2)9-13-19(14(22)10-20)12(7-18(23)21-13)11-6-16(25-4)17(26-5)8-15(11)24-3/h6,8,12H,7,9-10H2,1-5H3,(H,21,23)/t12-/m0/s1. The topological polar surface area (TPSA) is 73.9 Å². The Hall–Kier alpha value is -2.50. The fourth-order valence-electron chi connectivity index (χ4n) is 3.95. The molecule has 1 amide bonds. The molecule has 3 rings (SSSR count). The van der Waals surface area contributed by atoms with Gasteiger partial charge in [0.05, 0.1) is 21.3 Å². The van der Waals surface area contributed by atoms with E-state index in [1.807, 2.05) is 13.8 Å². The van der Waals surface area contributed by atoms with E-state index in [1.54, 1.807) is 33.5 Å². The molecule has 0 bridgehead atoms. The Bertz CT molecular complexity index is 794. The summed E-state index contributed by atoms with van der Waals surface area (Å²) in [4.78, 5) is 25.2. The molecule has 1 aliphatic heterocycles. The largest absolute Gasteiger partial charge is 0.496 e. The average Bonchev–Trinajstić information content (AvgIpc) is 2.58. The number of methoxy groups -OCH3 is 3. The van der Waals surface area contributed by atoms with Crippen molar-refractivity contribution in [3.63, 3.8) is 0 Å². The van der Waals surface area contributed by atoms with Gasteiger partial charge in [0.1, 0.15) is 5.75 Å². The van der Waals surface area contributed by atoms with E-state index in [0.29, 0.717) is 35.7 Å². The monoisotopic (exact) mass is 359 g/mol. The number of carbonyl (C=O) groups is 2. The number of hydrogen-bond acceptors (Lipinski definition) is 5. The fourth-order valence-corrected chi connectivity index (χ4v) is 3.95. The first-order chi connectivity index (χ1) is 12.3. The molecule has 0 spiro atoms. The lowest BCUT2D eigenvalue weighted by atomic mass is 9.69. The third kappa shape index (κ3) is 3.16.